The van der Waals surface area contributed by atoms with Crippen LogP contribution in [-0.4, -0.2) is 40.7 Å². The minimum absolute atomic E-state index is 0.240. The van der Waals surface area contributed by atoms with Gasteiger partial charge in [-0.15, -0.1) is 0 Å². The van der Waals surface area contributed by atoms with E-state index in [9.17, 15) is 9.59 Å². The maximum Gasteiger partial charge on any atom is 0.336 e. The Labute approximate surface area is 146 Å². The highest BCUT2D eigenvalue weighted by Gasteiger charge is 2.23. The van der Waals surface area contributed by atoms with Crippen molar-refractivity contribution < 1.29 is 27.9 Å². The molecule has 0 heterocycles. The van der Waals surface area contributed by atoms with Gasteiger partial charge in [0, 0.05) is 30.8 Å². The molecule has 0 saturated carbocycles. The van der Waals surface area contributed by atoms with Gasteiger partial charge in [-0.2, -0.15) is 0 Å². The van der Waals surface area contributed by atoms with E-state index < -0.39 is 27.5 Å². The molecule has 138 valence electrons. The standard InChI is InChI=1S/C17H30O6Si/c1-7-10-20-24(21-11-8-2)12-9-15(22-16(18)13(3)4)23-17(19)14(5)6/h15,24H,3,5,7-12H2,1-2,4,6H3. The molecule has 24 heavy (non-hydrogen) atoms. The smallest absolute Gasteiger partial charge is 0.336 e. The lowest BCUT2D eigenvalue weighted by Gasteiger charge is -2.21. The Hall–Kier alpha value is -1.44. The summed E-state index contributed by atoms with van der Waals surface area (Å²) >= 11 is 0. The first-order valence-electron chi connectivity index (χ1n) is 8.27. The Morgan fingerprint density at radius 2 is 1.33 bits per heavy atom. The van der Waals surface area contributed by atoms with Gasteiger partial charge in [0.15, 0.2) is 0 Å². The molecule has 0 radical (unpaired) electrons. The molecule has 7 heteroatoms. The van der Waals surface area contributed by atoms with Gasteiger partial charge >= 0.3 is 21.2 Å². The van der Waals surface area contributed by atoms with Crippen LogP contribution in [0.3, 0.4) is 0 Å². The normalized spacial score (nSPS) is 10.8. The molecule has 0 aliphatic carbocycles. The molecule has 0 bridgehead atoms. The highest BCUT2D eigenvalue weighted by Crippen LogP contribution is 2.13. The topological polar surface area (TPSA) is 71.1 Å². The summed E-state index contributed by atoms with van der Waals surface area (Å²) < 4.78 is 21.9. The lowest BCUT2D eigenvalue weighted by Crippen LogP contribution is -2.30. The van der Waals surface area contributed by atoms with E-state index in [1.807, 2.05) is 13.8 Å². The molecule has 0 aliphatic heterocycles. The van der Waals surface area contributed by atoms with Crippen LogP contribution in [0, 0.1) is 0 Å². The Bertz CT molecular complexity index is 399. The zero-order valence-corrected chi connectivity index (χ0v) is 16.4. The zero-order chi connectivity index (χ0) is 18.5. The molecule has 0 N–H and O–H groups in total. The summed E-state index contributed by atoms with van der Waals surface area (Å²) in [5.41, 5.74) is 0.481. The van der Waals surface area contributed by atoms with E-state index in [1.54, 1.807) is 0 Å². The van der Waals surface area contributed by atoms with Crippen LogP contribution in [0.25, 0.3) is 0 Å². The van der Waals surface area contributed by atoms with Gasteiger partial charge in [0.2, 0.25) is 6.29 Å². The van der Waals surface area contributed by atoms with Crippen LogP contribution in [0.5, 0.6) is 0 Å². The van der Waals surface area contributed by atoms with Crippen LogP contribution in [0.4, 0.5) is 0 Å². The largest absolute Gasteiger partial charge is 0.422 e. The predicted octanol–water partition coefficient (Wildman–Crippen LogP) is 3.01. The molecule has 0 unspecified atom stereocenters. The number of hydrogen-bond donors (Lipinski definition) is 0. The highest BCUT2D eigenvalue weighted by atomic mass is 28.3. The molecule has 0 aliphatic rings. The van der Waals surface area contributed by atoms with Crippen LogP contribution in [0.1, 0.15) is 47.0 Å². The summed E-state index contributed by atoms with van der Waals surface area (Å²) in [6.45, 7) is 15.4. The molecule has 0 aromatic carbocycles. The quantitative estimate of drug-likeness (QED) is 0.218. The van der Waals surface area contributed by atoms with Crippen molar-refractivity contribution in [2.45, 2.75) is 59.3 Å². The average molecular weight is 359 g/mol. The zero-order valence-electron chi connectivity index (χ0n) is 15.3. The van der Waals surface area contributed by atoms with E-state index in [0.29, 0.717) is 25.7 Å². The first-order valence-corrected chi connectivity index (χ1v) is 10.0. The van der Waals surface area contributed by atoms with Crippen LogP contribution in [-0.2, 0) is 27.9 Å². The lowest BCUT2D eigenvalue weighted by molar-refractivity contribution is -0.182. The number of hydrogen-bond acceptors (Lipinski definition) is 6. The molecule has 6 nitrogen and oxygen atoms in total. The summed E-state index contributed by atoms with van der Waals surface area (Å²) in [5.74, 6) is -1.20. The average Bonchev–Trinajstić information content (AvgIpc) is 2.53. The number of carbonyl (C=O) groups excluding carboxylic acids is 2. The monoisotopic (exact) mass is 358 g/mol. The van der Waals surface area contributed by atoms with Gasteiger partial charge < -0.3 is 18.3 Å². The third-order valence-corrected chi connectivity index (χ3v) is 4.85. The van der Waals surface area contributed by atoms with Crippen LogP contribution in [0.2, 0.25) is 6.04 Å². The molecular formula is C17H30O6Si. The SMILES string of the molecule is C=C(C)C(=O)OC(CC[SiH](OCCC)OCCC)OC(=O)C(=C)C. The molecular weight excluding hydrogens is 328 g/mol. The minimum Gasteiger partial charge on any atom is -0.422 e. The fraction of sp³-hybridized carbons (Fsp3) is 0.647. The van der Waals surface area contributed by atoms with E-state index in [2.05, 4.69) is 13.2 Å². The Balaban J connectivity index is 4.73. The number of esters is 2. The van der Waals surface area contributed by atoms with Crippen LogP contribution in [0.15, 0.2) is 24.3 Å². The number of ether oxygens (including phenoxy) is 2. The van der Waals surface area contributed by atoms with Gasteiger partial charge in [-0.3, -0.25) is 0 Å². The van der Waals surface area contributed by atoms with Gasteiger partial charge in [-0.1, -0.05) is 27.0 Å². The number of rotatable bonds is 13. The summed E-state index contributed by atoms with van der Waals surface area (Å²) in [6, 6.07) is 0.567. The molecule has 0 saturated heterocycles. The summed E-state index contributed by atoms with van der Waals surface area (Å²) in [7, 11) is -1.89. The van der Waals surface area contributed by atoms with E-state index in [0.717, 1.165) is 12.8 Å². The maximum absolute atomic E-state index is 11.7. The molecule has 0 spiro atoms. The number of carbonyl (C=O) groups is 2. The van der Waals surface area contributed by atoms with E-state index >= 15 is 0 Å². The van der Waals surface area contributed by atoms with Crippen molar-refractivity contribution in [2.75, 3.05) is 13.2 Å². The predicted molar refractivity (Wildman–Crippen MR) is 94.7 cm³/mol. The summed E-state index contributed by atoms with van der Waals surface area (Å²) in [4.78, 5) is 23.4. The third kappa shape index (κ3) is 10.4. The molecule has 0 atom stereocenters. The fourth-order valence-electron chi connectivity index (χ4n) is 1.57. The van der Waals surface area contributed by atoms with Crippen molar-refractivity contribution in [2.24, 2.45) is 0 Å². The molecule has 0 amide bonds. The lowest BCUT2D eigenvalue weighted by atomic mass is 10.3. The van der Waals surface area contributed by atoms with Crippen molar-refractivity contribution in [3.05, 3.63) is 24.3 Å². The Kier molecular flexibility index (Phi) is 12.1. The molecule has 0 rings (SSSR count). The molecule has 0 aromatic rings. The fourth-order valence-corrected chi connectivity index (χ4v) is 3.54. The third-order valence-electron chi connectivity index (χ3n) is 2.83. The van der Waals surface area contributed by atoms with E-state index in [-0.39, 0.29) is 11.1 Å². The van der Waals surface area contributed by atoms with Gasteiger partial charge in [0.1, 0.15) is 0 Å². The highest BCUT2D eigenvalue weighted by molar-refractivity contribution is 6.44. The van der Waals surface area contributed by atoms with Gasteiger partial charge in [0.05, 0.1) is 0 Å². The first-order chi connectivity index (χ1) is 11.3. The van der Waals surface area contributed by atoms with Crippen molar-refractivity contribution in [3.63, 3.8) is 0 Å². The maximum atomic E-state index is 11.7. The van der Waals surface area contributed by atoms with Crippen molar-refractivity contribution in [3.8, 4) is 0 Å². The second kappa shape index (κ2) is 12.9. The second-order valence-corrected chi connectivity index (χ2v) is 7.65. The second-order valence-electron chi connectivity index (χ2n) is 5.55. The molecule has 0 aromatic heterocycles. The summed E-state index contributed by atoms with van der Waals surface area (Å²) in [5, 5.41) is 0. The van der Waals surface area contributed by atoms with Crippen molar-refractivity contribution in [1.29, 1.82) is 0 Å². The van der Waals surface area contributed by atoms with E-state index in [4.69, 9.17) is 18.3 Å². The Morgan fingerprint density at radius 1 is 0.917 bits per heavy atom. The first kappa shape index (κ1) is 22.6. The van der Waals surface area contributed by atoms with Gasteiger partial charge in [0.25, 0.3) is 0 Å². The molecule has 0 fully saturated rings. The van der Waals surface area contributed by atoms with Crippen LogP contribution >= 0.6 is 0 Å². The van der Waals surface area contributed by atoms with Crippen molar-refractivity contribution in [1.82, 2.24) is 0 Å². The van der Waals surface area contributed by atoms with Gasteiger partial charge in [-0.25, -0.2) is 9.59 Å². The van der Waals surface area contributed by atoms with Crippen molar-refractivity contribution >= 4 is 21.2 Å². The Morgan fingerprint density at radius 3 is 1.67 bits per heavy atom. The van der Waals surface area contributed by atoms with Gasteiger partial charge in [-0.05, 0) is 32.7 Å². The van der Waals surface area contributed by atoms with Crippen LogP contribution < -0.4 is 0 Å². The van der Waals surface area contributed by atoms with E-state index in [1.165, 1.54) is 13.8 Å². The summed E-state index contributed by atoms with van der Waals surface area (Å²) in [6.07, 6.45) is 1.13. The minimum atomic E-state index is -1.89.